The van der Waals surface area contributed by atoms with Gasteiger partial charge in [0.25, 0.3) is 0 Å². The number of amides is 4. The number of nitrogens with one attached hydrogen (secondary N) is 2. The number of fused-ring (bicyclic) bond motifs is 3. The van der Waals surface area contributed by atoms with Gasteiger partial charge in [-0.3, -0.25) is 19.1 Å². The maximum Gasteiger partial charge on any atom is 0.410 e. The number of ether oxygens (including phenoxy) is 2. The van der Waals surface area contributed by atoms with Crippen LogP contribution in [0.15, 0.2) is 18.2 Å². The standard InChI is InChI=1S/C36H55N4O8P/c1-8-26-17-36(26,49(45,46)22(2)3)38-31(41)29-16-27-19-40(29)32(42)30(35(5,6)7)37-33(43)47-21-23(4)12-9-10-13-24-14-11-15-25-18-39(20-28(24)25)34(44)48-27/h11,14-15,22-23,26-27,29-30H,8-10,12-13,16-21H2,1-7H3,(H,37,43)(H,38,41)(H,45,46)/t23-,26+,27-,29+,30-,36+/m1/s1. The fourth-order valence-electron chi connectivity index (χ4n) is 7.71. The predicted molar refractivity (Wildman–Crippen MR) is 185 cm³/mol. The number of hydrogen-bond donors (Lipinski definition) is 3. The van der Waals surface area contributed by atoms with E-state index in [9.17, 15) is 28.6 Å². The highest BCUT2D eigenvalue weighted by Crippen LogP contribution is 2.72. The normalized spacial score (nSPS) is 31.0. The van der Waals surface area contributed by atoms with Crippen molar-refractivity contribution < 1.29 is 38.1 Å². The number of aryl methyl sites for hydroxylation is 1. The van der Waals surface area contributed by atoms with Crippen LogP contribution < -0.4 is 10.6 Å². The van der Waals surface area contributed by atoms with Crippen LogP contribution in [0.5, 0.6) is 0 Å². The number of hydrogen-bond acceptors (Lipinski definition) is 7. The van der Waals surface area contributed by atoms with Crippen LogP contribution in [-0.2, 0) is 43.1 Å². The Labute approximate surface area is 290 Å². The summed E-state index contributed by atoms with van der Waals surface area (Å²) in [7, 11) is -3.83. The van der Waals surface area contributed by atoms with Gasteiger partial charge in [0.15, 0.2) is 0 Å². The summed E-state index contributed by atoms with van der Waals surface area (Å²) in [6, 6.07) is 4.00. The molecule has 13 heteroatoms. The smallest absolute Gasteiger partial charge is 0.410 e. The number of carbonyl (C=O) groups is 4. The van der Waals surface area contributed by atoms with Gasteiger partial charge in [-0.2, -0.15) is 0 Å². The van der Waals surface area contributed by atoms with E-state index in [0.29, 0.717) is 25.9 Å². The molecule has 0 spiro atoms. The van der Waals surface area contributed by atoms with Crippen LogP contribution >= 0.6 is 7.37 Å². The van der Waals surface area contributed by atoms with Crippen molar-refractivity contribution in [2.75, 3.05) is 13.2 Å². The highest BCUT2D eigenvalue weighted by molar-refractivity contribution is 7.60. The van der Waals surface area contributed by atoms with Gasteiger partial charge in [0, 0.05) is 25.2 Å². The van der Waals surface area contributed by atoms with E-state index in [1.165, 1.54) is 10.5 Å². The molecule has 1 saturated carbocycles. The number of cyclic esters (lactones) is 1. The van der Waals surface area contributed by atoms with Gasteiger partial charge in [-0.25, -0.2) is 9.59 Å². The average molecular weight is 703 g/mol. The lowest BCUT2D eigenvalue weighted by molar-refractivity contribution is -0.142. The van der Waals surface area contributed by atoms with Gasteiger partial charge in [-0.1, -0.05) is 79.5 Å². The van der Waals surface area contributed by atoms with Gasteiger partial charge >= 0.3 is 12.2 Å². The second kappa shape index (κ2) is 14.3. The quantitative estimate of drug-likeness (QED) is 0.339. The van der Waals surface area contributed by atoms with Gasteiger partial charge in [0.05, 0.1) is 13.2 Å². The van der Waals surface area contributed by atoms with Crippen LogP contribution in [0, 0.1) is 17.3 Å². The van der Waals surface area contributed by atoms with Crippen molar-refractivity contribution >= 4 is 31.4 Å². The molecule has 2 fully saturated rings. The van der Waals surface area contributed by atoms with Crippen molar-refractivity contribution in [1.82, 2.24) is 20.4 Å². The molecular formula is C36H55N4O8P. The summed E-state index contributed by atoms with van der Waals surface area (Å²) >= 11 is 0. The van der Waals surface area contributed by atoms with Crippen molar-refractivity contribution in [3.63, 3.8) is 0 Å². The fraction of sp³-hybridized carbons (Fsp3) is 0.722. The number of rotatable bonds is 5. The van der Waals surface area contributed by atoms with E-state index in [-0.39, 0.29) is 31.4 Å². The Bertz CT molecular complexity index is 1490. The minimum Gasteiger partial charge on any atom is -0.449 e. The van der Waals surface area contributed by atoms with Gasteiger partial charge in [-0.05, 0) is 59.6 Å². The molecule has 7 atom stereocenters. The first-order valence-electron chi connectivity index (χ1n) is 17.9. The van der Waals surface area contributed by atoms with Gasteiger partial charge in [0.1, 0.15) is 23.5 Å². The molecular weight excluding hydrogens is 647 g/mol. The molecule has 5 rings (SSSR count). The first-order valence-corrected chi connectivity index (χ1v) is 19.6. The van der Waals surface area contributed by atoms with Crippen molar-refractivity contribution in [3.05, 3.63) is 34.9 Å². The number of carbonyl (C=O) groups excluding carboxylic acids is 4. The summed E-state index contributed by atoms with van der Waals surface area (Å²) in [6.07, 6.45) is 2.60. The van der Waals surface area contributed by atoms with E-state index in [4.69, 9.17) is 9.47 Å². The molecule has 1 aliphatic carbocycles. The van der Waals surface area contributed by atoms with E-state index in [1.807, 2.05) is 46.8 Å². The Hall–Kier alpha value is -3.11. The molecule has 4 amide bonds. The minimum atomic E-state index is -3.83. The number of benzene rings is 1. The molecule has 3 N–H and O–H groups in total. The molecule has 4 bridgehead atoms. The molecule has 3 heterocycles. The van der Waals surface area contributed by atoms with Gasteiger partial charge in [0.2, 0.25) is 19.2 Å². The van der Waals surface area contributed by atoms with Gasteiger partial charge < -0.3 is 29.9 Å². The Balaban J connectivity index is 1.45. The molecule has 4 aliphatic rings. The summed E-state index contributed by atoms with van der Waals surface area (Å²) < 4.78 is 25.2. The van der Waals surface area contributed by atoms with Crippen molar-refractivity contribution in [2.24, 2.45) is 17.3 Å². The van der Waals surface area contributed by atoms with Crippen LogP contribution in [0.4, 0.5) is 9.59 Å². The van der Waals surface area contributed by atoms with Crippen LogP contribution in [0.2, 0.25) is 0 Å². The Kier molecular flexibility index (Phi) is 10.8. The third-order valence-electron chi connectivity index (χ3n) is 10.9. The molecule has 49 heavy (non-hydrogen) atoms. The lowest BCUT2D eigenvalue weighted by Gasteiger charge is -2.36. The molecule has 12 nitrogen and oxygen atoms in total. The largest absolute Gasteiger partial charge is 0.449 e. The Morgan fingerprint density at radius 1 is 1.16 bits per heavy atom. The zero-order valence-corrected chi connectivity index (χ0v) is 31.0. The number of nitrogens with zero attached hydrogens (tertiary/aromatic N) is 2. The monoisotopic (exact) mass is 702 g/mol. The fourth-order valence-corrected chi connectivity index (χ4v) is 10.1. The van der Waals surface area contributed by atoms with E-state index >= 15 is 0 Å². The SMILES string of the molecule is CC[C@H]1C[C@]1(NC(=O)[C@@H]1C[C@@H]2CN1C(=O)[C@H](C(C)(C)C)NC(=O)OC[C@H](C)CCCCc1cccc3c1CN(C3)C(=O)O2)P(=O)(O)C(C)C. The summed E-state index contributed by atoms with van der Waals surface area (Å²) in [5.74, 6) is -1.14. The third-order valence-corrected chi connectivity index (χ3v) is 14.1. The molecule has 0 aromatic heterocycles. The first-order chi connectivity index (χ1) is 23.0. The van der Waals surface area contributed by atoms with Crippen LogP contribution in [-0.4, -0.2) is 81.0 Å². The second-order valence-electron chi connectivity index (χ2n) is 16.0. The average Bonchev–Trinajstić information content (AvgIpc) is 3.35. The zero-order chi connectivity index (χ0) is 35.9. The maximum atomic E-state index is 14.4. The minimum absolute atomic E-state index is 0.0124. The summed E-state index contributed by atoms with van der Waals surface area (Å²) in [5, 5.41) is 4.41. The van der Waals surface area contributed by atoms with E-state index in [2.05, 4.69) is 16.7 Å². The number of alkyl carbamates (subject to hydrolysis) is 1. The Morgan fingerprint density at radius 3 is 2.53 bits per heavy atom. The highest BCUT2D eigenvalue weighted by atomic mass is 31.2. The molecule has 3 aliphatic heterocycles. The molecule has 1 aromatic carbocycles. The summed E-state index contributed by atoms with van der Waals surface area (Å²) in [4.78, 5) is 69.4. The lowest BCUT2D eigenvalue weighted by Crippen LogP contribution is -2.58. The topological polar surface area (TPSA) is 155 Å². The van der Waals surface area contributed by atoms with E-state index in [1.54, 1.807) is 18.7 Å². The van der Waals surface area contributed by atoms with Crippen LogP contribution in [0.25, 0.3) is 0 Å². The third kappa shape index (κ3) is 7.65. The zero-order valence-electron chi connectivity index (χ0n) is 30.1. The summed E-state index contributed by atoms with van der Waals surface area (Å²) in [6.45, 7) is 13.7. The Morgan fingerprint density at radius 2 is 1.88 bits per heavy atom. The van der Waals surface area contributed by atoms with Crippen molar-refractivity contribution in [3.8, 4) is 0 Å². The van der Waals surface area contributed by atoms with Gasteiger partial charge in [-0.15, -0.1) is 0 Å². The maximum absolute atomic E-state index is 14.4. The van der Waals surface area contributed by atoms with Crippen LogP contribution in [0.1, 0.15) is 104 Å². The van der Waals surface area contributed by atoms with E-state index < -0.39 is 65.9 Å². The first kappa shape index (κ1) is 37.2. The lowest BCUT2D eigenvalue weighted by atomic mass is 9.85. The molecule has 1 unspecified atom stereocenters. The predicted octanol–water partition coefficient (Wildman–Crippen LogP) is 5.53. The van der Waals surface area contributed by atoms with E-state index in [0.717, 1.165) is 36.8 Å². The summed E-state index contributed by atoms with van der Waals surface area (Å²) in [5.41, 5.74) is 2.08. The molecule has 1 aromatic rings. The highest BCUT2D eigenvalue weighted by Gasteiger charge is 2.67. The molecule has 0 radical (unpaired) electrons. The molecule has 272 valence electrons. The molecule has 1 saturated heterocycles. The second-order valence-corrected chi connectivity index (χ2v) is 19.1. The van der Waals surface area contributed by atoms with Crippen LogP contribution in [0.3, 0.4) is 0 Å². The van der Waals surface area contributed by atoms with Crippen molar-refractivity contribution in [2.45, 2.75) is 136 Å². The van der Waals surface area contributed by atoms with Crippen molar-refractivity contribution in [1.29, 1.82) is 0 Å².